The Kier molecular flexibility index (Phi) is 3.37. The number of carbonyl (C=O) groups is 1. The van der Waals surface area contributed by atoms with Crippen LogP contribution in [0.15, 0.2) is 36.3 Å². The van der Waals surface area contributed by atoms with Gasteiger partial charge >= 0.3 is 6.29 Å². The normalized spacial score (nSPS) is 27.1. The molecule has 3 aromatic rings. The summed E-state index contributed by atoms with van der Waals surface area (Å²) in [7, 11) is 0. The fourth-order valence-corrected chi connectivity index (χ4v) is 4.31. The van der Waals surface area contributed by atoms with E-state index in [4.69, 9.17) is 17.8 Å². The van der Waals surface area contributed by atoms with Crippen molar-refractivity contribution in [3.05, 3.63) is 59.0 Å². The molecule has 37 heavy (non-hydrogen) atoms. The first-order valence-corrected chi connectivity index (χ1v) is 11.1. The predicted molar refractivity (Wildman–Crippen MR) is 131 cm³/mol. The van der Waals surface area contributed by atoms with Crippen LogP contribution in [0.1, 0.15) is 74.6 Å². The minimum Gasteiger partial charge on any atom is -0.395 e. The number of Topliss-reactive ketones (excluding diaryl/α,β-unsaturated/α-hetero) is 1. The minimum absolute atomic E-state index is 0.112. The number of ketones is 1. The zero-order valence-corrected chi connectivity index (χ0v) is 19.6. The van der Waals surface area contributed by atoms with Crippen molar-refractivity contribution in [2.75, 3.05) is 6.56 Å². The van der Waals surface area contributed by atoms with Crippen LogP contribution in [-0.4, -0.2) is 39.5 Å². The predicted octanol–water partition coefficient (Wildman–Crippen LogP) is 4.99. The van der Waals surface area contributed by atoms with Crippen LogP contribution < -0.4 is 9.47 Å². The molecule has 0 amide bonds. The first kappa shape index (κ1) is 14.2. The number of fused-ring (bicyclic) bond motifs is 2. The van der Waals surface area contributed by atoms with Crippen molar-refractivity contribution in [2.24, 2.45) is 0 Å². The van der Waals surface area contributed by atoms with E-state index in [0.717, 1.165) is 26.0 Å². The van der Waals surface area contributed by atoms with E-state index in [0.29, 0.717) is 0 Å². The number of aliphatic hydroxyl groups is 2. The molecule has 2 aromatic carbocycles. The fraction of sp³-hybridized carbons (Fsp3) is 0.464. The van der Waals surface area contributed by atoms with Crippen LogP contribution in [0.3, 0.4) is 0 Å². The lowest BCUT2D eigenvalue weighted by molar-refractivity contribution is -0.286. The van der Waals surface area contributed by atoms with Gasteiger partial charge in [-0.05, 0) is 60.6 Å². The fourth-order valence-electron chi connectivity index (χ4n) is 4.31. The van der Waals surface area contributed by atoms with Crippen LogP contribution in [0.25, 0.3) is 10.9 Å². The summed E-state index contributed by atoms with van der Waals surface area (Å²) in [5.74, 6) is -3.09. The molecule has 2 aliphatic rings. The third kappa shape index (κ3) is 4.48. The van der Waals surface area contributed by atoms with Gasteiger partial charge in [0.15, 0.2) is 11.5 Å². The highest BCUT2D eigenvalue weighted by Gasteiger charge is 2.52. The Labute approximate surface area is 230 Å². The Morgan fingerprint density at radius 3 is 2.70 bits per heavy atom. The molecule has 0 saturated heterocycles. The smallest absolute Gasteiger partial charge is 0.395 e. The molecule has 5 rings (SSSR count). The Bertz CT molecular complexity index is 1920. The maximum absolute atomic E-state index is 16.2. The van der Waals surface area contributed by atoms with Crippen LogP contribution in [0.5, 0.6) is 11.5 Å². The summed E-state index contributed by atoms with van der Waals surface area (Å²) >= 11 is 0. The Morgan fingerprint density at radius 1 is 1.32 bits per heavy atom. The highest BCUT2D eigenvalue weighted by molar-refractivity contribution is 5.95. The SMILES string of the molecule is [2H]c1c(CC(=O)C2(c3ccc4c(c3)OC(F)(F)O4)CC2)c(F)c([2H])c2c1c([2H])c(C(C)(C([2H])([2H])[2H])C([2H])([2H])C)n2C([2H])([2H])[C@]([2H])(O)C([2H])([2H])O. The molecule has 1 unspecified atom stereocenters. The second kappa shape index (κ2) is 8.77. The molecule has 9 heteroatoms. The number of hydrogen-bond donors (Lipinski definition) is 2. The van der Waals surface area contributed by atoms with Crippen molar-refractivity contribution in [1.29, 1.82) is 0 Å². The number of rotatable bonds is 9. The number of halogens is 3. The van der Waals surface area contributed by atoms with Gasteiger partial charge in [-0.25, -0.2) is 4.39 Å². The summed E-state index contributed by atoms with van der Waals surface area (Å²) in [5, 5.41) is 19.8. The highest BCUT2D eigenvalue weighted by Crippen LogP contribution is 2.52. The van der Waals surface area contributed by atoms with Gasteiger partial charge in [0.05, 0.1) is 41.0 Å². The zero-order valence-electron chi connectivity index (χ0n) is 32.6. The van der Waals surface area contributed by atoms with Crippen LogP contribution >= 0.6 is 0 Å². The molecule has 198 valence electrons. The second-order valence-corrected chi connectivity index (χ2v) is 9.03. The lowest BCUT2D eigenvalue weighted by atomic mass is 9.86. The van der Waals surface area contributed by atoms with Crippen LogP contribution in [0, 0.1) is 5.82 Å². The topological polar surface area (TPSA) is 80.9 Å². The molecule has 1 fully saturated rings. The first-order chi connectivity index (χ1) is 22.4. The summed E-state index contributed by atoms with van der Waals surface area (Å²) in [5.41, 5.74) is -7.42. The molecule has 0 bridgehead atoms. The van der Waals surface area contributed by atoms with Gasteiger partial charge in [0.1, 0.15) is 11.6 Å². The highest BCUT2D eigenvalue weighted by atomic mass is 19.3. The lowest BCUT2D eigenvalue weighted by Gasteiger charge is -2.26. The van der Waals surface area contributed by atoms with Gasteiger partial charge in [-0.2, -0.15) is 0 Å². The minimum atomic E-state index is -4.30. The van der Waals surface area contributed by atoms with Gasteiger partial charge in [-0.15, -0.1) is 8.78 Å². The van der Waals surface area contributed by atoms with Gasteiger partial charge < -0.3 is 24.3 Å². The molecular weight excluding hydrogens is 487 g/mol. The molecule has 0 radical (unpaired) electrons. The van der Waals surface area contributed by atoms with Gasteiger partial charge in [-0.3, -0.25) is 4.79 Å². The van der Waals surface area contributed by atoms with E-state index < -0.39 is 108 Å². The molecule has 2 N–H and O–H groups in total. The molecule has 2 atom stereocenters. The molecule has 2 heterocycles. The van der Waals surface area contributed by atoms with Gasteiger partial charge in [0.25, 0.3) is 0 Å². The van der Waals surface area contributed by atoms with Crippen molar-refractivity contribution >= 4 is 16.7 Å². The zero-order chi connectivity index (χ0) is 38.2. The van der Waals surface area contributed by atoms with Crippen molar-refractivity contribution in [3.63, 3.8) is 0 Å². The summed E-state index contributed by atoms with van der Waals surface area (Å²) < 4.78 is 161. The van der Waals surface area contributed by atoms with Gasteiger partial charge in [0, 0.05) is 29.8 Å². The van der Waals surface area contributed by atoms with Crippen molar-refractivity contribution in [1.82, 2.24) is 4.57 Å². The lowest BCUT2D eigenvalue weighted by Crippen LogP contribution is -2.26. The monoisotopic (exact) mass is 530 g/mol. The molecule has 1 aromatic heterocycles. The Morgan fingerprint density at radius 2 is 2.05 bits per heavy atom. The van der Waals surface area contributed by atoms with Crippen LogP contribution in [0.2, 0.25) is 0 Å². The number of aromatic nitrogens is 1. The maximum Gasteiger partial charge on any atom is 0.586 e. The van der Waals surface area contributed by atoms with Crippen LogP contribution in [0.4, 0.5) is 13.2 Å². The summed E-state index contributed by atoms with van der Waals surface area (Å²) in [6, 6.07) is -0.00851. The number of hydrogen-bond acceptors (Lipinski definition) is 5. The van der Waals surface area contributed by atoms with E-state index in [-0.39, 0.29) is 34.5 Å². The van der Waals surface area contributed by atoms with Crippen molar-refractivity contribution in [2.45, 2.75) is 76.0 Å². The Balaban J connectivity index is 1.78. The number of nitrogens with zero attached hydrogens (tertiary/aromatic N) is 1. The molecule has 0 spiro atoms. The van der Waals surface area contributed by atoms with E-state index in [1.54, 1.807) is 0 Å². The standard InChI is InChI=1S/C28H30F3NO5/c1-4-26(2,3)24-10-17-9-16(20(29)13-21(17)32(24)14-19(34)15-33)11-25(35)27(7-8-27)18-5-6-22-23(12-18)37-28(30,31)36-22/h5-6,9-10,12-13,19,33-34H,4,7-8,11,14-15H2,1-3H3/t19-/m0/s1/i2D3,4D2,9D,10D,13D,14D2,15D2,19D/t19-,26?. The third-order valence-electron chi connectivity index (χ3n) is 6.57. The number of ether oxygens (including phenoxy) is 2. The second-order valence-electron chi connectivity index (χ2n) is 9.03. The van der Waals surface area contributed by atoms with E-state index in [1.807, 2.05) is 0 Å². The average molecular weight is 531 g/mol. The number of alkyl halides is 2. The third-order valence-corrected chi connectivity index (χ3v) is 6.57. The molecule has 1 saturated carbocycles. The van der Waals surface area contributed by atoms with Gasteiger partial charge in [0.2, 0.25) is 0 Å². The Hall–Kier alpha value is -3.04. The van der Waals surface area contributed by atoms with Gasteiger partial charge in [-0.1, -0.05) is 26.8 Å². The van der Waals surface area contributed by atoms with E-state index in [1.165, 1.54) is 6.07 Å². The van der Waals surface area contributed by atoms with E-state index in [9.17, 15) is 23.8 Å². The summed E-state index contributed by atoms with van der Waals surface area (Å²) in [6.45, 7) is -10.3. The van der Waals surface area contributed by atoms with E-state index in [2.05, 4.69) is 9.47 Å². The molecule has 6 nitrogen and oxygen atoms in total. The number of benzene rings is 2. The van der Waals surface area contributed by atoms with E-state index >= 15 is 4.39 Å². The number of carbonyl (C=O) groups excluding carboxylic acids is 1. The van der Waals surface area contributed by atoms with Crippen molar-refractivity contribution < 1.29 is 55.5 Å². The molecular formula is C28H30F3NO5. The molecule has 1 aliphatic carbocycles. The summed E-state index contributed by atoms with van der Waals surface area (Å²) in [6.07, 6.45) is -11.8. The van der Waals surface area contributed by atoms with Crippen molar-refractivity contribution in [3.8, 4) is 11.5 Å². The maximum atomic E-state index is 16.2. The molecule has 1 aliphatic heterocycles. The van der Waals surface area contributed by atoms with Crippen LogP contribution in [-0.2, 0) is 28.5 Å². The first-order valence-electron chi connectivity index (χ1n) is 17.6. The summed E-state index contributed by atoms with van der Waals surface area (Å²) in [4.78, 5) is 13.8. The quantitative estimate of drug-likeness (QED) is 0.408. The largest absolute Gasteiger partial charge is 0.586 e. The average Bonchev–Trinajstić information content (AvgIpc) is 3.61.